The number of carboxylic acids is 1. The number of nitrogens with zero attached hydrogens (tertiary/aromatic N) is 2. The summed E-state index contributed by atoms with van der Waals surface area (Å²) in [6.07, 6.45) is 4.52. The molecule has 0 spiro atoms. The molecule has 0 fully saturated rings. The van der Waals surface area contributed by atoms with Gasteiger partial charge in [-0.1, -0.05) is 54.6 Å². The van der Waals surface area contributed by atoms with Crippen LogP contribution < -0.4 is 0 Å². The Morgan fingerprint density at radius 2 is 1.69 bits per heavy atom. The molecular formula is C26H26N2O4. The van der Waals surface area contributed by atoms with E-state index < -0.39 is 18.1 Å². The van der Waals surface area contributed by atoms with Gasteiger partial charge < -0.3 is 9.84 Å². The summed E-state index contributed by atoms with van der Waals surface area (Å²) in [5, 5.41) is 9.67. The van der Waals surface area contributed by atoms with Gasteiger partial charge in [-0.15, -0.1) is 0 Å². The van der Waals surface area contributed by atoms with Crippen molar-refractivity contribution in [2.24, 2.45) is 0 Å². The highest BCUT2D eigenvalue weighted by atomic mass is 16.6. The van der Waals surface area contributed by atoms with Crippen LogP contribution in [0.3, 0.4) is 0 Å². The average molecular weight is 431 g/mol. The third-order valence-electron chi connectivity index (χ3n) is 6.04. The molecule has 4 rings (SSSR count). The van der Waals surface area contributed by atoms with Crippen molar-refractivity contribution >= 4 is 12.1 Å². The van der Waals surface area contributed by atoms with Gasteiger partial charge >= 0.3 is 12.1 Å². The molecule has 164 valence electrons. The first-order valence-electron chi connectivity index (χ1n) is 10.8. The van der Waals surface area contributed by atoms with Crippen LogP contribution in [0.1, 0.15) is 35.4 Å². The van der Waals surface area contributed by atoms with Crippen molar-refractivity contribution in [1.82, 2.24) is 9.88 Å². The monoisotopic (exact) mass is 430 g/mol. The van der Waals surface area contributed by atoms with Gasteiger partial charge in [-0.3, -0.25) is 9.88 Å². The standard InChI is InChI=1S/C26H26N2O4/c1-28(24(25(29)30)14-6-8-18-9-7-15-27-16-18)26(31)32-17-23-21-12-4-2-10-19(21)20-11-3-5-13-22(20)23/h2-5,7,9-13,15-16,23-24H,6,8,14,17H2,1H3,(H,29,30)/t24-/m0/s1. The van der Waals surface area contributed by atoms with E-state index in [2.05, 4.69) is 29.2 Å². The van der Waals surface area contributed by atoms with Gasteiger partial charge in [0.2, 0.25) is 0 Å². The SMILES string of the molecule is CN(C(=O)OCC1c2ccccc2-c2ccccc21)[C@@H](CCCc1cccnc1)C(=O)O. The molecule has 1 aromatic heterocycles. The molecule has 1 amide bonds. The Morgan fingerprint density at radius 1 is 1.03 bits per heavy atom. The van der Waals surface area contributed by atoms with Crippen molar-refractivity contribution in [3.63, 3.8) is 0 Å². The van der Waals surface area contributed by atoms with Gasteiger partial charge in [-0.05, 0) is 53.1 Å². The van der Waals surface area contributed by atoms with Crippen LogP contribution in [0.2, 0.25) is 0 Å². The summed E-state index contributed by atoms with van der Waals surface area (Å²) in [5.41, 5.74) is 5.58. The lowest BCUT2D eigenvalue weighted by Crippen LogP contribution is -2.43. The smallest absolute Gasteiger partial charge is 0.410 e. The van der Waals surface area contributed by atoms with E-state index in [1.54, 1.807) is 12.4 Å². The predicted molar refractivity (Wildman–Crippen MR) is 121 cm³/mol. The van der Waals surface area contributed by atoms with Gasteiger partial charge in [0.15, 0.2) is 0 Å². The van der Waals surface area contributed by atoms with Crippen LogP contribution in [0.25, 0.3) is 11.1 Å². The Bertz CT molecular complexity index is 1050. The molecule has 0 bridgehead atoms. The number of amides is 1. The lowest BCUT2D eigenvalue weighted by Gasteiger charge is -2.25. The minimum absolute atomic E-state index is 0.0615. The number of carboxylic acid groups (broad SMARTS) is 1. The molecule has 0 radical (unpaired) electrons. The molecule has 0 unspecified atom stereocenters. The number of ether oxygens (including phenoxy) is 1. The summed E-state index contributed by atoms with van der Waals surface area (Å²) in [4.78, 5) is 29.8. The molecule has 1 aliphatic carbocycles. The maximum atomic E-state index is 12.7. The minimum atomic E-state index is -1.04. The molecular weight excluding hydrogens is 404 g/mol. The number of aliphatic carboxylic acids is 1. The molecule has 0 aliphatic heterocycles. The Labute approximate surface area is 187 Å². The summed E-state index contributed by atoms with van der Waals surface area (Å²) >= 11 is 0. The fourth-order valence-corrected chi connectivity index (χ4v) is 4.35. The van der Waals surface area contributed by atoms with E-state index in [9.17, 15) is 14.7 Å². The second kappa shape index (κ2) is 9.64. The van der Waals surface area contributed by atoms with Gasteiger partial charge in [0.1, 0.15) is 12.6 Å². The van der Waals surface area contributed by atoms with Crippen LogP contribution in [0.4, 0.5) is 4.79 Å². The third kappa shape index (κ3) is 4.49. The molecule has 2 aromatic carbocycles. The van der Waals surface area contributed by atoms with Gasteiger partial charge in [0, 0.05) is 25.4 Å². The second-order valence-electron chi connectivity index (χ2n) is 8.02. The minimum Gasteiger partial charge on any atom is -0.480 e. The van der Waals surface area contributed by atoms with Crippen LogP contribution in [0, 0.1) is 0 Å². The number of pyridine rings is 1. The summed E-state index contributed by atoms with van der Waals surface area (Å²) in [5.74, 6) is -1.10. The van der Waals surface area contributed by atoms with Crippen LogP contribution in [-0.2, 0) is 16.0 Å². The number of hydrogen-bond acceptors (Lipinski definition) is 4. The Morgan fingerprint density at radius 3 is 2.28 bits per heavy atom. The highest BCUT2D eigenvalue weighted by Crippen LogP contribution is 2.44. The van der Waals surface area contributed by atoms with Crippen LogP contribution in [0.5, 0.6) is 0 Å². The highest BCUT2D eigenvalue weighted by molar-refractivity contribution is 5.81. The average Bonchev–Trinajstić information content (AvgIpc) is 3.14. The molecule has 6 heteroatoms. The van der Waals surface area contributed by atoms with E-state index in [0.717, 1.165) is 27.8 Å². The van der Waals surface area contributed by atoms with Gasteiger partial charge in [-0.2, -0.15) is 0 Å². The normalized spacial score (nSPS) is 13.2. The molecule has 32 heavy (non-hydrogen) atoms. The van der Waals surface area contributed by atoms with E-state index in [1.165, 1.54) is 11.9 Å². The number of aryl methyl sites for hydroxylation is 1. The fraction of sp³-hybridized carbons (Fsp3) is 0.269. The number of likely N-dealkylation sites (N-methyl/N-ethyl adjacent to an activating group) is 1. The molecule has 6 nitrogen and oxygen atoms in total. The lowest BCUT2D eigenvalue weighted by atomic mass is 9.98. The Hall–Kier alpha value is -3.67. The maximum absolute atomic E-state index is 12.7. The Balaban J connectivity index is 1.39. The molecule has 0 saturated carbocycles. The van der Waals surface area contributed by atoms with Crippen molar-refractivity contribution in [2.75, 3.05) is 13.7 Å². The number of hydrogen-bond donors (Lipinski definition) is 1. The second-order valence-corrected chi connectivity index (χ2v) is 8.02. The predicted octanol–water partition coefficient (Wildman–Crippen LogP) is 4.74. The lowest BCUT2D eigenvalue weighted by molar-refractivity contribution is -0.142. The third-order valence-corrected chi connectivity index (χ3v) is 6.04. The first kappa shape index (κ1) is 21.6. The van der Waals surface area contributed by atoms with Crippen molar-refractivity contribution in [3.05, 3.63) is 89.7 Å². The van der Waals surface area contributed by atoms with E-state index in [4.69, 9.17) is 4.74 Å². The molecule has 1 aliphatic rings. The van der Waals surface area contributed by atoms with Crippen molar-refractivity contribution < 1.29 is 19.4 Å². The van der Waals surface area contributed by atoms with Gasteiger partial charge in [0.25, 0.3) is 0 Å². The summed E-state index contributed by atoms with van der Waals surface area (Å²) in [6.45, 7) is 0.166. The molecule has 1 N–H and O–H groups in total. The molecule has 1 atom stereocenters. The number of carbonyl (C=O) groups is 2. The zero-order valence-electron chi connectivity index (χ0n) is 18.0. The van der Waals surface area contributed by atoms with E-state index in [-0.39, 0.29) is 12.5 Å². The molecule has 1 heterocycles. The zero-order chi connectivity index (χ0) is 22.5. The maximum Gasteiger partial charge on any atom is 0.410 e. The number of carbonyl (C=O) groups excluding carboxylic acids is 1. The topological polar surface area (TPSA) is 79.7 Å². The van der Waals surface area contributed by atoms with Crippen molar-refractivity contribution in [1.29, 1.82) is 0 Å². The van der Waals surface area contributed by atoms with Gasteiger partial charge in [0.05, 0.1) is 0 Å². The van der Waals surface area contributed by atoms with Crippen LogP contribution >= 0.6 is 0 Å². The van der Waals surface area contributed by atoms with E-state index in [0.29, 0.717) is 19.3 Å². The summed E-state index contributed by atoms with van der Waals surface area (Å²) < 4.78 is 5.61. The molecule has 3 aromatic rings. The number of fused-ring (bicyclic) bond motifs is 3. The van der Waals surface area contributed by atoms with Gasteiger partial charge in [-0.25, -0.2) is 9.59 Å². The quantitative estimate of drug-likeness (QED) is 0.558. The Kier molecular flexibility index (Phi) is 6.50. The number of aromatic nitrogens is 1. The zero-order valence-corrected chi connectivity index (χ0v) is 18.0. The molecule has 0 saturated heterocycles. The first-order chi connectivity index (χ1) is 15.6. The summed E-state index contributed by atoms with van der Waals surface area (Å²) in [7, 11) is 1.49. The summed E-state index contributed by atoms with van der Waals surface area (Å²) in [6, 6.07) is 19.1. The highest BCUT2D eigenvalue weighted by Gasteiger charge is 2.31. The first-order valence-corrected chi connectivity index (χ1v) is 10.8. The van der Waals surface area contributed by atoms with Crippen LogP contribution in [0.15, 0.2) is 73.1 Å². The van der Waals surface area contributed by atoms with Crippen molar-refractivity contribution in [3.8, 4) is 11.1 Å². The largest absolute Gasteiger partial charge is 0.480 e. The van der Waals surface area contributed by atoms with E-state index >= 15 is 0 Å². The number of benzene rings is 2. The van der Waals surface area contributed by atoms with Crippen LogP contribution in [-0.4, -0.2) is 46.7 Å². The van der Waals surface area contributed by atoms with Crippen molar-refractivity contribution in [2.45, 2.75) is 31.2 Å². The number of rotatable bonds is 8. The fourth-order valence-electron chi connectivity index (χ4n) is 4.35. The van der Waals surface area contributed by atoms with E-state index in [1.807, 2.05) is 36.4 Å².